The van der Waals surface area contributed by atoms with Crippen LogP contribution in [0.5, 0.6) is 0 Å². The van der Waals surface area contributed by atoms with Crippen LogP contribution >= 0.6 is 0 Å². The lowest BCUT2D eigenvalue weighted by Crippen LogP contribution is -2.46. The Labute approximate surface area is 117 Å². The third-order valence-electron chi connectivity index (χ3n) is 2.85. The fourth-order valence-electron chi connectivity index (χ4n) is 1.55. The lowest BCUT2D eigenvalue weighted by molar-refractivity contribution is -0.116. The van der Waals surface area contributed by atoms with Crippen molar-refractivity contribution < 1.29 is 30.3 Å². The molecule has 0 spiro atoms. The van der Waals surface area contributed by atoms with Gasteiger partial charge in [-0.05, 0) is 5.56 Å². The molecule has 4 atom stereocenters. The molecule has 4 unspecified atom stereocenters. The zero-order valence-corrected chi connectivity index (χ0v) is 11.0. The van der Waals surface area contributed by atoms with Crippen molar-refractivity contribution in [3.63, 3.8) is 0 Å². The zero-order valence-electron chi connectivity index (χ0n) is 11.0. The van der Waals surface area contributed by atoms with Gasteiger partial charge < -0.3 is 30.3 Å². The minimum Gasteiger partial charge on any atom is -0.491 e. The van der Waals surface area contributed by atoms with Crippen LogP contribution in [0.2, 0.25) is 0 Å². The molecular formula is C14H20O6. The van der Waals surface area contributed by atoms with E-state index in [9.17, 15) is 20.4 Å². The Kier molecular flexibility index (Phi) is 6.63. The van der Waals surface area contributed by atoms with Crippen LogP contribution in [0.15, 0.2) is 42.7 Å². The van der Waals surface area contributed by atoms with E-state index < -0.39 is 31.0 Å². The average Bonchev–Trinajstić information content (AvgIpc) is 2.50. The minimum atomic E-state index is -1.71. The smallest absolute Gasteiger partial charge is 0.139 e. The van der Waals surface area contributed by atoms with Crippen molar-refractivity contribution >= 4 is 0 Å². The van der Waals surface area contributed by atoms with E-state index in [4.69, 9.17) is 9.84 Å². The van der Waals surface area contributed by atoms with Crippen LogP contribution in [0.4, 0.5) is 0 Å². The van der Waals surface area contributed by atoms with Crippen LogP contribution in [0.1, 0.15) is 5.56 Å². The molecule has 20 heavy (non-hydrogen) atoms. The van der Waals surface area contributed by atoms with Crippen LogP contribution in [-0.4, -0.2) is 56.6 Å². The Morgan fingerprint density at radius 1 is 1.05 bits per heavy atom. The fraction of sp³-hybridized carbons (Fsp3) is 0.429. The molecule has 0 saturated heterocycles. The van der Waals surface area contributed by atoms with Crippen LogP contribution < -0.4 is 0 Å². The predicted molar refractivity (Wildman–Crippen MR) is 71.5 cm³/mol. The Balaban J connectivity index is 2.50. The summed E-state index contributed by atoms with van der Waals surface area (Å²) in [6.45, 7) is 2.89. The van der Waals surface area contributed by atoms with Crippen molar-refractivity contribution in [1.29, 1.82) is 0 Å². The summed E-state index contributed by atoms with van der Waals surface area (Å²) in [5.41, 5.74) is 0.853. The molecule has 0 heterocycles. The average molecular weight is 284 g/mol. The van der Waals surface area contributed by atoms with Gasteiger partial charge in [0.15, 0.2) is 0 Å². The predicted octanol–water partition coefficient (Wildman–Crippen LogP) is -0.847. The molecule has 0 bridgehead atoms. The number of aliphatic hydroxyl groups is 5. The first-order chi connectivity index (χ1) is 9.47. The lowest BCUT2D eigenvalue weighted by Gasteiger charge is -2.26. The Bertz CT molecular complexity index is 407. The van der Waals surface area contributed by atoms with Gasteiger partial charge >= 0.3 is 0 Å². The van der Waals surface area contributed by atoms with Crippen LogP contribution in [0.25, 0.3) is 0 Å². The third-order valence-corrected chi connectivity index (χ3v) is 2.85. The number of benzene rings is 1. The molecule has 5 N–H and O–H groups in total. The summed E-state index contributed by atoms with van der Waals surface area (Å²) in [6.07, 6.45) is -6.54. The van der Waals surface area contributed by atoms with E-state index >= 15 is 0 Å². The summed E-state index contributed by atoms with van der Waals surface area (Å²) in [6, 6.07) is 9.15. The minimum absolute atomic E-state index is 0.134. The number of hydrogen-bond acceptors (Lipinski definition) is 6. The second-order valence-electron chi connectivity index (χ2n) is 4.42. The molecule has 0 aliphatic rings. The van der Waals surface area contributed by atoms with E-state index in [0.717, 1.165) is 5.56 Å². The van der Waals surface area contributed by atoms with Gasteiger partial charge in [-0.3, -0.25) is 0 Å². The summed E-state index contributed by atoms with van der Waals surface area (Å²) < 4.78 is 5.21. The van der Waals surface area contributed by atoms with Gasteiger partial charge in [-0.1, -0.05) is 36.9 Å². The maximum absolute atomic E-state index is 9.75. The first-order valence-electron chi connectivity index (χ1n) is 6.16. The van der Waals surface area contributed by atoms with Gasteiger partial charge in [0.05, 0.1) is 6.61 Å². The highest BCUT2D eigenvalue weighted by molar-refractivity contribution is 5.14. The van der Waals surface area contributed by atoms with E-state index in [1.54, 1.807) is 0 Å². The molecule has 0 saturated carbocycles. The van der Waals surface area contributed by atoms with Gasteiger partial charge in [-0.15, -0.1) is 0 Å². The molecule has 0 aliphatic carbocycles. The first kappa shape index (κ1) is 16.6. The molecule has 1 rings (SSSR count). The molecule has 1 aromatic rings. The topological polar surface area (TPSA) is 110 Å². The van der Waals surface area contributed by atoms with Crippen LogP contribution in [0.3, 0.4) is 0 Å². The Morgan fingerprint density at radius 2 is 1.65 bits per heavy atom. The maximum atomic E-state index is 9.75. The first-order valence-corrected chi connectivity index (χ1v) is 6.16. The number of rotatable bonds is 8. The van der Waals surface area contributed by atoms with Crippen molar-refractivity contribution in [2.75, 3.05) is 6.61 Å². The molecule has 0 fully saturated rings. The van der Waals surface area contributed by atoms with E-state index in [-0.39, 0.29) is 12.4 Å². The molecular weight excluding hydrogens is 264 g/mol. The second-order valence-corrected chi connectivity index (χ2v) is 4.42. The van der Waals surface area contributed by atoms with Gasteiger partial charge in [0.2, 0.25) is 0 Å². The maximum Gasteiger partial charge on any atom is 0.139 e. The van der Waals surface area contributed by atoms with E-state index in [1.807, 2.05) is 30.3 Å². The molecule has 0 amide bonds. The van der Waals surface area contributed by atoms with Gasteiger partial charge in [0.1, 0.15) is 36.8 Å². The van der Waals surface area contributed by atoms with E-state index in [1.165, 1.54) is 0 Å². The monoisotopic (exact) mass is 284 g/mol. The van der Waals surface area contributed by atoms with Gasteiger partial charge in [-0.25, -0.2) is 0 Å². The highest BCUT2D eigenvalue weighted by atomic mass is 16.5. The van der Waals surface area contributed by atoms with E-state index in [0.29, 0.717) is 0 Å². The standard InChI is InChI=1S/C14H20O6/c1-9(20-8-10-5-3-2-4-6-10)12(17)14(19)13(18)11(16)7-15/h2-6,11-19H,1,7-8H2. The summed E-state index contributed by atoms with van der Waals surface area (Å²) in [5, 5.41) is 46.7. The number of aliphatic hydroxyl groups excluding tert-OH is 5. The molecule has 0 aromatic heterocycles. The van der Waals surface area contributed by atoms with Crippen molar-refractivity contribution in [1.82, 2.24) is 0 Å². The Hall–Kier alpha value is -1.44. The second kappa shape index (κ2) is 7.98. The molecule has 0 radical (unpaired) electrons. The quantitative estimate of drug-likeness (QED) is 0.398. The van der Waals surface area contributed by atoms with Crippen LogP contribution in [-0.2, 0) is 11.3 Å². The van der Waals surface area contributed by atoms with Crippen molar-refractivity contribution in [3.05, 3.63) is 48.2 Å². The highest BCUT2D eigenvalue weighted by Gasteiger charge is 2.32. The Morgan fingerprint density at radius 3 is 2.20 bits per heavy atom. The molecule has 0 aliphatic heterocycles. The lowest BCUT2D eigenvalue weighted by atomic mass is 10.0. The highest BCUT2D eigenvalue weighted by Crippen LogP contribution is 2.14. The third kappa shape index (κ3) is 4.59. The molecule has 6 heteroatoms. The fourth-order valence-corrected chi connectivity index (χ4v) is 1.55. The SMILES string of the molecule is C=C(OCc1ccccc1)C(O)C(O)C(O)C(O)CO. The molecule has 1 aromatic carbocycles. The summed E-state index contributed by atoms with van der Waals surface area (Å²) in [7, 11) is 0. The van der Waals surface area contributed by atoms with Crippen LogP contribution in [0, 0.1) is 0 Å². The molecule has 112 valence electrons. The van der Waals surface area contributed by atoms with Gasteiger partial charge in [-0.2, -0.15) is 0 Å². The molecule has 6 nitrogen and oxygen atoms in total. The van der Waals surface area contributed by atoms with Crippen molar-refractivity contribution in [2.24, 2.45) is 0 Å². The number of hydrogen-bond donors (Lipinski definition) is 5. The summed E-state index contributed by atoms with van der Waals surface area (Å²) in [5.74, 6) is -0.134. The van der Waals surface area contributed by atoms with Gasteiger partial charge in [0, 0.05) is 0 Å². The normalized spacial score (nSPS) is 17.1. The number of ether oxygens (including phenoxy) is 1. The largest absolute Gasteiger partial charge is 0.491 e. The zero-order chi connectivity index (χ0) is 15.1. The summed E-state index contributed by atoms with van der Waals surface area (Å²) >= 11 is 0. The van der Waals surface area contributed by atoms with Crippen molar-refractivity contribution in [2.45, 2.75) is 31.0 Å². The van der Waals surface area contributed by atoms with E-state index in [2.05, 4.69) is 6.58 Å². The summed E-state index contributed by atoms with van der Waals surface area (Å²) in [4.78, 5) is 0. The van der Waals surface area contributed by atoms with Gasteiger partial charge in [0.25, 0.3) is 0 Å². The van der Waals surface area contributed by atoms with Crippen molar-refractivity contribution in [3.8, 4) is 0 Å².